The molecule has 6 rings (SSSR count). The van der Waals surface area contributed by atoms with Crippen molar-refractivity contribution in [3.63, 3.8) is 0 Å². The average molecular weight is 439 g/mol. The quantitative estimate of drug-likeness (QED) is 0.713. The van der Waals surface area contributed by atoms with E-state index >= 15 is 4.39 Å². The SMILES string of the molecule is COc1cccc(-c2cc3c(cc2F)[C@H](N(C(=O)O)[C@@H]2CN4CCC2CC4)C(C)(C)C3)c1. The van der Waals surface area contributed by atoms with E-state index in [2.05, 4.69) is 18.7 Å². The lowest BCUT2D eigenvalue weighted by atomic mass is 9.79. The van der Waals surface area contributed by atoms with E-state index in [9.17, 15) is 9.90 Å². The van der Waals surface area contributed by atoms with E-state index in [1.54, 1.807) is 18.1 Å². The number of carbonyl (C=O) groups is 1. The van der Waals surface area contributed by atoms with Crippen molar-refractivity contribution in [1.29, 1.82) is 0 Å². The summed E-state index contributed by atoms with van der Waals surface area (Å²) in [5, 5.41) is 10.3. The van der Waals surface area contributed by atoms with E-state index in [1.807, 2.05) is 30.3 Å². The van der Waals surface area contributed by atoms with Crippen molar-refractivity contribution in [2.75, 3.05) is 26.7 Å². The maximum Gasteiger partial charge on any atom is 0.408 e. The molecule has 0 radical (unpaired) electrons. The van der Waals surface area contributed by atoms with Crippen LogP contribution < -0.4 is 4.74 Å². The summed E-state index contributed by atoms with van der Waals surface area (Å²) in [7, 11) is 1.60. The van der Waals surface area contributed by atoms with E-state index in [-0.39, 0.29) is 23.3 Å². The van der Waals surface area contributed by atoms with Crippen LogP contribution in [0.5, 0.6) is 5.75 Å². The molecule has 1 aliphatic carbocycles. The van der Waals surface area contributed by atoms with Gasteiger partial charge in [-0.2, -0.15) is 0 Å². The van der Waals surface area contributed by atoms with Crippen LogP contribution in [-0.4, -0.2) is 53.8 Å². The van der Waals surface area contributed by atoms with Gasteiger partial charge < -0.3 is 14.7 Å². The van der Waals surface area contributed by atoms with Crippen molar-refractivity contribution in [3.8, 4) is 16.9 Å². The number of carboxylic acid groups (broad SMARTS) is 1. The van der Waals surface area contributed by atoms with Gasteiger partial charge in [-0.3, -0.25) is 4.90 Å². The van der Waals surface area contributed by atoms with Crippen LogP contribution in [0, 0.1) is 17.2 Å². The number of hydrogen-bond donors (Lipinski definition) is 1. The molecule has 3 fully saturated rings. The minimum Gasteiger partial charge on any atom is -0.497 e. The molecule has 2 aromatic rings. The number of piperidine rings is 3. The van der Waals surface area contributed by atoms with Crippen LogP contribution in [0.3, 0.4) is 0 Å². The fraction of sp³-hybridized carbons (Fsp3) is 0.500. The molecule has 3 aliphatic heterocycles. The topological polar surface area (TPSA) is 53.0 Å². The molecular formula is C26H31FN2O3. The standard InChI is InChI=1S/C26H31FN2O3/c1-26(2)14-18-12-20(17-5-4-6-19(11-17)32-3)22(27)13-21(18)24(26)29(25(30)31)23-15-28-9-7-16(23)8-10-28/h4-6,11-13,16,23-24H,7-10,14-15H2,1-3H3,(H,30,31)/t23-,24+/m1/s1. The van der Waals surface area contributed by atoms with Gasteiger partial charge in [-0.05, 0) is 84.6 Å². The summed E-state index contributed by atoms with van der Waals surface area (Å²) < 4.78 is 20.7. The Kier molecular flexibility index (Phi) is 5.16. The number of halogens is 1. The van der Waals surface area contributed by atoms with Crippen molar-refractivity contribution in [2.24, 2.45) is 11.3 Å². The molecule has 2 aromatic carbocycles. The number of nitrogens with zero attached hydrogens (tertiary/aromatic N) is 2. The molecule has 3 heterocycles. The molecule has 170 valence electrons. The van der Waals surface area contributed by atoms with E-state index in [4.69, 9.17) is 4.74 Å². The Balaban J connectivity index is 1.56. The van der Waals surface area contributed by atoms with Crippen LogP contribution in [0.2, 0.25) is 0 Å². The number of ether oxygens (including phenoxy) is 1. The van der Waals surface area contributed by atoms with Gasteiger partial charge in [0.2, 0.25) is 0 Å². The maximum atomic E-state index is 15.4. The van der Waals surface area contributed by atoms with E-state index in [0.717, 1.165) is 55.6 Å². The highest BCUT2D eigenvalue weighted by molar-refractivity contribution is 5.70. The third kappa shape index (κ3) is 3.45. The second-order valence-corrected chi connectivity index (χ2v) is 10.2. The number of methoxy groups -OCH3 is 1. The summed E-state index contributed by atoms with van der Waals surface area (Å²) in [6, 6.07) is 10.5. The summed E-state index contributed by atoms with van der Waals surface area (Å²) in [6.45, 7) is 7.11. The summed E-state index contributed by atoms with van der Waals surface area (Å²) in [4.78, 5) is 16.6. The number of rotatable bonds is 4. The van der Waals surface area contributed by atoms with Crippen molar-refractivity contribution in [2.45, 2.75) is 45.2 Å². The molecule has 4 aliphatic rings. The molecule has 6 heteroatoms. The zero-order chi connectivity index (χ0) is 22.6. The zero-order valence-electron chi connectivity index (χ0n) is 19.0. The van der Waals surface area contributed by atoms with Crippen LogP contribution in [0.1, 0.15) is 43.9 Å². The summed E-state index contributed by atoms with van der Waals surface area (Å²) >= 11 is 0. The van der Waals surface area contributed by atoms with Crippen molar-refractivity contribution < 1.29 is 19.0 Å². The molecule has 1 N–H and O–H groups in total. The van der Waals surface area contributed by atoms with Crippen molar-refractivity contribution in [3.05, 3.63) is 53.3 Å². The second kappa shape index (κ2) is 7.77. The van der Waals surface area contributed by atoms with Crippen molar-refractivity contribution >= 4 is 6.09 Å². The highest BCUT2D eigenvalue weighted by atomic mass is 19.1. The van der Waals surface area contributed by atoms with Gasteiger partial charge in [-0.15, -0.1) is 0 Å². The van der Waals surface area contributed by atoms with Gasteiger partial charge in [-0.25, -0.2) is 9.18 Å². The molecule has 0 saturated carbocycles. The van der Waals surface area contributed by atoms with Crippen molar-refractivity contribution in [1.82, 2.24) is 9.80 Å². The number of benzene rings is 2. The molecule has 2 bridgehead atoms. The Morgan fingerprint density at radius 1 is 1.22 bits per heavy atom. The summed E-state index contributed by atoms with van der Waals surface area (Å²) in [5.41, 5.74) is 2.83. The lowest BCUT2D eigenvalue weighted by molar-refractivity contribution is -0.0267. The Morgan fingerprint density at radius 3 is 2.59 bits per heavy atom. The van der Waals surface area contributed by atoms with Crippen LogP contribution in [0.15, 0.2) is 36.4 Å². The molecule has 0 unspecified atom stereocenters. The average Bonchev–Trinajstić information content (AvgIpc) is 3.03. The molecular weight excluding hydrogens is 407 g/mol. The molecule has 2 atom stereocenters. The smallest absolute Gasteiger partial charge is 0.408 e. The largest absolute Gasteiger partial charge is 0.497 e. The number of fused-ring (bicyclic) bond motifs is 4. The van der Waals surface area contributed by atoms with Gasteiger partial charge >= 0.3 is 6.09 Å². The highest BCUT2D eigenvalue weighted by Gasteiger charge is 2.50. The van der Waals surface area contributed by atoms with Gasteiger partial charge in [0.1, 0.15) is 11.6 Å². The maximum absolute atomic E-state index is 15.4. The molecule has 32 heavy (non-hydrogen) atoms. The lowest BCUT2D eigenvalue weighted by Gasteiger charge is -2.51. The number of hydrogen-bond acceptors (Lipinski definition) is 3. The Morgan fingerprint density at radius 2 is 1.97 bits per heavy atom. The molecule has 5 nitrogen and oxygen atoms in total. The van der Waals surface area contributed by atoms with Gasteiger partial charge in [0.15, 0.2) is 0 Å². The van der Waals surface area contributed by atoms with Gasteiger partial charge in [-0.1, -0.05) is 26.0 Å². The van der Waals surface area contributed by atoms with E-state index < -0.39 is 6.09 Å². The third-order valence-electron chi connectivity index (χ3n) is 7.77. The Hall–Kier alpha value is -2.60. The first-order valence-corrected chi connectivity index (χ1v) is 11.5. The second-order valence-electron chi connectivity index (χ2n) is 10.2. The first-order chi connectivity index (χ1) is 15.3. The first-order valence-electron chi connectivity index (χ1n) is 11.5. The monoisotopic (exact) mass is 438 g/mol. The fourth-order valence-electron chi connectivity index (χ4n) is 6.28. The van der Waals surface area contributed by atoms with Gasteiger partial charge in [0.05, 0.1) is 19.2 Å². The number of amides is 1. The van der Waals surface area contributed by atoms with E-state index in [1.165, 1.54) is 0 Å². The predicted octanol–water partition coefficient (Wildman–Crippen LogP) is 5.20. The minimum absolute atomic E-state index is 0.0358. The highest BCUT2D eigenvalue weighted by Crippen LogP contribution is 2.52. The van der Waals surface area contributed by atoms with Crippen LogP contribution in [-0.2, 0) is 6.42 Å². The Labute approximate surface area is 188 Å². The van der Waals surface area contributed by atoms with Crippen LogP contribution >= 0.6 is 0 Å². The van der Waals surface area contributed by atoms with Gasteiger partial charge in [0.25, 0.3) is 0 Å². The first kappa shape index (κ1) is 21.3. The minimum atomic E-state index is -0.896. The molecule has 0 spiro atoms. The molecule has 0 aromatic heterocycles. The third-order valence-corrected chi connectivity index (χ3v) is 7.77. The molecule has 1 amide bonds. The van der Waals surface area contributed by atoms with Crippen LogP contribution in [0.25, 0.3) is 11.1 Å². The fourth-order valence-corrected chi connectivity index (χ4v) is 6.28. The lowest BCUT2D eigenvalue weighted by Crippen LogP contribution is -2.60. The van der Waals surface area contributed by atoms with E-state index in [0.29, 0.717) is 17.2 Å². The van der Waals surface area contributed by atoms with Gasteiger partial charge in [0, 0.05) is 12.1 Å². The summed E-state index contributed by atoms with van der Waals surface area (Å²) in [6.07, 6.45) is 1.90. The normalized spacial score (nSPS) is 27.8. The summed E-state index contributed by atoms with van der Waals surface area (Å²) in [5.74, 6) is 0.746. The Bertz CT molecular complexity index is 1050. The predicted molar refractivity (Wildman–Crippen MR) is 121 cm³/mol. The van der Waals surface area contributed by atoms with Crippen LogP contribution in [0.4, 0.5) is 9.18 Å². The zero-order valence-corrected chi connectivity index (χ0v) is 19.0. The molecule has 3 saturated heterocycles.